The molecule has 0 amide bonds. The highest BCUT2D eigenvalue weighted by atomic mass is 127. The van der Waals surface area contributed by atoms with E-state index in [0.717, 1.165) is 15.5 Å². The molecule has 0 atom stereocenters. The van der Waals surface area contributed by atoms with Crippen molar-refractivity contribution in [3.8, 4) is 11.3 Å². The van der Waals surface area contributed by atoms with Crippen LogP contribution in [0, 0.1) is 9.39 Å². The molecule has 0 saturated carbocycles. The molecule has 0 radical (unpaired) electrons. The summed E-state index contributed by atoms with van der Waals surface area (Å²) < 4.78 is 39.0. The van der Waals surface area contributed by atoms with E-state index in [2.05, 4.69) is 37.3 Å². The molecule has 2 aromatic rings. The summed E-state index contributed by atoms with van der Waals surface area (Å²) in [7, 11) is -3.48. The lowest BCUT2D eigenvalue weighted by molar-refractivity contribution is 0.606. The van der Waals surface area contributed by atoms with Crippen molar-refractivity contribution in [2.45, 2.75) is 19.8 Å². The molecule has 0 fully saturated rings. The van der Waals surface area contributed by atoms with Gasteiger partial charge in [0, 0.05) is 5.56 Å². The molecule has 1 aromatic carbocycles. The topological polar surface area (TPSA) is 72.0 Å². The standard InChI is InChI=1S/C14H15FIN3O2S/c1-8(2)12-11(16)13(9-4-6-10(15)7-5-9)18-14(17-12)19-22(3,20)21/h4-8H,1-3H3,(H,17,18,19). The van der Waals surface area contributed by atoms with Crippen molar-refractivity contribution in [1.82, 2.24) is 9.97 Å². The van der Waals surface area contributed by atoms with Crippen LogP contribution in [0.5, 0.6) is 0 Å². The van der Waals surface area contributed by atoms with Crippen molar-refractivity contribution in [2.24, 2.45) is 0 Å². The molecule has 118 valence electrons. The largest absolute Gasteiger partial charge is 0.251 e. The maximum atomic E-state index is 13.1. The van der Waals surface area contributed by atoms with Crippen molar-refractivity contribution in [3.05, 3.63) is 39.3 Å². The second-order valence-corrected chi connectivity index (χ2v) is 7.96. The average molecular weight is 435 g/mol. The van der Waals surface area contributed by atoms with Crippen LogP contribution in [0.25, 0.3) is 11.3 Å². The number of anilines is 1. The van der Waals surface area contributed by atoms with Crippen molar-refractivity contribution in [3.63, 3.8) is 0 Å². The summed E-state index contributed by atoms with van der Waals surface area (Å²) in [5.41, 5.74) is 2.01. The Labute approximate surface area is 142 Å². The molecule has 2 rings (SSSR count). The molecule has 1 N–H and O–H groups in total. The van der Waals surface area contributed by atoms with Crippen LogP contribution in [0.2, 0.25) is 0 Å². The quantitative estimate of drug-likeness (QED) is 0.748. The van der Waals surface area contributed by atoms with Crippen LogP contribution in [-0.2, 0) is 10.0 Å². The van der Waals surface area contributed by atoms with E-state index in [1.807, 2.05) is 13.8 Å². The molecule has 0 saturated heterocycles. The summed E-state index contributed by atoms with van der Waals surface area (Å²) in [4.78, 5) is 8.55. The third-order valence-corrected chi connectivity index (χ3v) is 4.43. The Kier molecular flexibility index (Phi) is 5.00. The lowest BCUT2D eigenvalue weighted by atomic mass is 10.1. The number of hydrogen-bond acceptors (Lipinski definition) is 4. The van der Waals surface area contributed by atoms with Gasteiger partial charge in [-0.15, -0.1) is 0 Å². The average Bonchev–Trinajstić information content (AvgIpc) is 2.39. The number of hydrogen-bond donors (Lipinski definition) is 1. The second-order valence-electron chi connectivity index (χ2n) is 5.13. The molecule has 22 heavy (non-hydrogen) atoms. The van der Waals surface area contributed by atoms with Crippen LogP contribution in [0.4, 0.5) is 10.3 Å². The fraction of sp³-hybridized carbons (Fsp3) is 0.286. The van der Waals surface area contributed by atoms with Crippen LogP contribution in [0.15, 0.2) is 24.3 Å². The molecule has 1 aromatic heterocycles. The highest BCUT2D eigenvalue weighted by molar-refractivity contribution is 14.1. The lowest BCUT2D eigenvalue weighted by Crippen LogP contribution is -2.15. The monoisotopic (exact) mass is 435 g/mol. The predicted octanol–water partition coefficient (Wildman–Crippen LogP) is 3.38. The fourth-order valence-corrected chi connectivity index (χ4v) is 3.46. The zero-order valence-electron chi connectivity index (χ0n) is 12.3. The minimum Gasteiger partial charge on any atom is -0.251 e. The van der Waals surface area contributed by atoms with Gasteiger partial charge in [0.15, 0.2) is 0 Å². The Hall–Kier alpha value is -1.29. The van der Waals surface area contributed by atoms with E-state index in [0.29, 0.717) is 11.3 Å². The summed E-state index contributed by atoms with van der Waals surface area (Å²) in [5.74, 6) is -0.230. The van der Waals surface area contributed by atoms with E-state index < -0.39 is 10.0 Å². The zero-order valence-corrected chi connectivity index (χ0v) is 15.2. The molecule has 0 unspecified atom stereocenters. The van der Waals surface area contributed by atoms with Gasteiger partial charge in [-0.05, 0) is 52.8 Å². The van der Waals surface area contributed by atoms with Crippen molar-refractivity contribution >= 4 is 38.6 Å². The fourth-order valence-electron chi connectivity index (χ4n) is 1.86. The maximum absolute atomic E-state index is 13.1. The predicted molar refractivity (Wildman–Crippen MR) is 92.7 cm³/mol. The summed E-state index contributed by atoms with van der Waals surface area (Å²) in [6, 6.07) is 5.89. The number of aromatic nitrogens is 2. The van der Waals surface area contributed by atoms with E-state index in [1.165, 1.54) is 12.1 Å². The van der Waals surface area contributed by atoms with E-state index in [-0.39, 0.29) is 17.7 Å². The first-order valence-electron chi connectivity index (χ1n) is 6.48. The van der Waals surface area contributed by atoms with Gasteiger partial charge >= 0.3 is 0 Å². The van der Waals surface area contributed by atoms with Gasteiger partial charge in [0.05, 0.1) is 21.2 Å². The summed E-state index contributed by atoms with van der Waals surface area (Å²) in [5, 5.41) is 0. The minimum atomic E-state index is -3.48. The van der Waals surface area contributed by atoms with Gasteiger partial charge in [-0.25, -0.2) is 22.8 Å². The van der Waals surface area contributed by atoms with E-state index in [9.17, 15) is 12.8 Å². The number of nitrogens with one attached hydrogen (secondary N) is 1. The Bertz CT molecular complexity index is 792. The Balaban J connectivity index is 2.63. The summed E-state index contributed by atoms with van der Waals surface area (Å²) in [6.07, 6.45) is 1.04. The van der Waals surface area contributed by atoms with Gasteiger partial charge in [0.25, 0.3) is 0 Å². The van der Waals surface area contributed by atoms with E-state index in [4.69, 9.17) is 0 Å². The maximum Gasteiger partial charge on any atom is 0.237 e. The first-order valence-corrected chi connectivity index (χ1v) is 9.45. The van der Waals surface area contributed by atoms with Gasteiger partial charge in [-0.3, -0.25) is 4.72 Å². The third-order valence-electron chi connectivity index (χ3n) is 2.82. The molecular formula is C14H15FIN3O2S. The summed E-state index contributed by atoms with van der Waals surface area (Å²) in [6.45, 7) is 3.92. The summed E-state index contributed by atoms with van der Waals surface area (Å²) >= 11 is 2.13. The molecule has 0 aliphatic carbocycles. The van der Waals surface area contributed by atoms with Gasteiger partial charge in [0.2, 0.25) is 16.0 Å². The van der Waals surface area contributed by atoms with Gasteiger partial charge in [0.1, 0.15) is 5.82 Å². The molecular weight excluding hydrogens is 420 g/mol. The zero-order chi connectivity index (χ0) is 16.5. The molecule has 1 heterocycles. The molecule has 0 spiro atoms. The number of rotatable bonds is 4. The van der Waals surface area contributed by atoms with Crippen LogP contribution < -0.4 is 4.72 Å². The van der Waals surface area contributed by atoms with E-state index in [1.54, 1.807) is 12.1 Å². The number of halogens is 2. The second kappa shape index (κ2) is 6.45. The highest BCUT2D eigenvalue weighted by Crippen LogP contribution is 2.30. The minimum absolute atomic E-state index is 0.0194. The normalized spacial score (nSPS) is 11.7. The highest BCUT2D eigenvalue weighted by Gasteiger charge is 2.17. The number of benzene rings is 1. The number of sulfonamides is 1. The van der Waals surface area contributed by atoms with Gasteiger partial charge < -0.3 is 0 Å². The van der Waals surface area contributed by atoms with Crippen molar-refractivity contribution < 1.29 is 12.8 Å². The van der Waals surface area contributed by atoms with Gasteiger partial charge in [-0.1, -0.05) is 13.8 Å². The molecule has 5 nitrogen and oxygen atoms in total. The Morgan fingerprint density at radius 1 is 1.18 bits per heavy atom. The van der Waals surface area contributed by atoms with Crippen LogP contribution in [0.3, 0.4) is 0 Å². The van der Waals surface area contributed by atoms with E-state index >= 15 is 0 Å². The van der Waals surface area contributed by atoms with Crippen LogP contribution in [-0.4, -0.2) is 24.6 Å². The molecule has 0 bridgehead atoms. The lowest BCUT2D eigenvalue weighted by Gasteiger charge is -2.14. The van der Waals surface area contributed by atoms with Crippen molar-refractivity contribution in [2.75, 3.05) is 11.0 Å². The molecule has 8 heteroatoms. The molecule has 0 aliphatic heterocycles. The SMILES string of the molecule is CC(C)c1nc(NS(C)(=O)=O)nc(-c2ccc(F)cc2)c1I. The Morgan fingerprint density at radius 3 is 2.27 bits per heavy atom. The van der Waals surface area contributed by atoms with Crippen molar-refractivity contribution in [1.29, 1.82) is 0 Å². The van der Waals surface area contributed by atoms with Crippen LogP contribution >= 0.6 is 22.6 Å². The first-order chi connectivity index (χ1) is 10.2. The van der Waals surface area contributed by atoms with Crippen LogP contribution in [0.1, 0.15) is 25.5 Å². The third kappa shape index (κ3) is 4.13. The number of nitrogens with zero attached hydrogens (tertiary/aromatic N) is 2. The Morgan fingerprint density at radius 2 is 1.77 bits per heavy atom. The smallest absolute Gasteiger partial charge is 0.237 e. The first kappa shape index (κ1) is 17.1. The van der Waals surface area contributed by atoms with Gasteiger partial charge in [-0.2, -0.15) is 0 Å². The molecule has 0 aliphatic rings.